The number of amidine groups is 1. The van der Waals surface area contributed by atoms with Crippen molar-refractivity contribution in [3.05, 3.63) is 35.9 Å². The van der Waals surface area contributed by atoms with Crippen LogP contribution in [-0.4, -0.2) is 22.5 Å². The lowest BCUT2D eigenvalue weighted by atomic mass is 9.82. The fraction of sp³-hybridized carbons (Fsp3) is 0.500. The molecule has 114 valence electrons. The van der Waals surface area contributed by atoms with Crippen LogP contribution in [0.2, 0.25) is 0 Å². The fourth-order valence-electron chi connectivity index (χ4n) is 2.93. The van der Waals surface area contributed by atoms with Crippen molar-refractivity contribution >= 4 is 11.7 Å². The Kier molecular flexibility index (Phi) is 5.20. The van der Waals surface area contributed by atoms with E-state index in [1.165, 1.54) is 6.42 Å². The lowest BCUT2D eigenvalue weighted by Gasteiger charge is -2.35. The molecule has 1 amide bonds. The molecule has 1 aromatic carbocycles. The van der Waals surface area contributed by atoms with E-state index in [2.05, 4.69) is 10.5 Å². The average Bonchev–Trinajstić information content (AvgIpc) is 2.50. The number of oxime groups is 1. The van der Waals surface area contributed by atoms with E-state index in [0.29, 0.717) is 18.4 Å². The van der Waals surface area contributed by atoms with Crippen molar-refractivity contribution in [2.45, 2.75) is 50.5 Å². The first-order valence-electron chi connectivity index (χ1n) is 7.53. The topological polar surface area (TPSA) is 87.7 Å². The molecule has 0 spiro atoms. The van der Waals surface area contributed by atoms with Crippen molar-refractivity contribution in [1.29, 1.82) is 0 Å². The molecule has 0 radical (unpaired) electrons. The van der Waals surface area contributed by atoms with Crippen LogP contribution in [0.1, 0.15) is 55.3 Å². The van der Waals surface area contributed by atoms with Gasteiger partial charge in [0.1, 0.15) is 5.54 Å². The molecule has 5 nitrogen and oxygen atoms in total. The lowest BCUT2D eigenvalue weighted by molar-refractivity contribution is 0.0910. The normalized spacial score (nSPS) is 19.3. The summed E-state index contributed by atoms with van der Waals surface area (Å²) in [4.78, 5) is 12.4. The predicted molar refractivity (Wildman–Crippen MR) is 82.4 cm³/mol. The second kappa shape index (κ2) is 7.11. The summed E-state index contributed by atoms with van der Waals surface area (Å²) in [5.41, 5.74) is 5.77. The molecule has 5 heteroatoms. The Morgan fingerprint density at radius 2 is 1.67 bits per heavy atom. The van der Waals surface area contributed by atoms with Gasteiger partial charge >= 0.3 is 0 Å². The molecule has 0 heterocycles. The SMILES string of the molecule is N/C(=N/O)C1(NC(=O)c2ccccc2)CCCCCCC1. The summed E-state index contributed by atoms with van der Waals surface area (Å²) in [6, 6.07) is 9.04. The highest BCUT2D eigenvalue weighted by Crippen LogP contribution is 2.27. The van der Waals surface area contributed by atoms with Crippen molar-refractivity contribution in [2.24, 2.45) is 10.9 Å². The molecular formula is C16H23N3O2. The monoisotopic (exact) mass is 289 g/mol. The summed E-state index contributed by atoms with van der Waals surface area (Å²) >= 11 is 0. The molecule has 1 saturated carbocycles. The van der Waals surface area contributed by atoms with Crippen LogP contribution in [0.25, 0.3) is 0 Å². The van der Waals surface area contributed by atoms with E-state index < -0.39 is 5.54 Å². The first-order chi connectivity index (χ1) is 10.2. The summed E-state index contributed by atoms with van der Waals surface area (Å²) in [7, 11) is 0. The maximum atomic E-state index is 12.4. The van der Waals surface area contributed by atoms with Crippen LogP contribution in [-0.2, 0) is 0 Å². The van der Waals surface area contributed by atoms with Gasteiger partial charge in [0.25, 0.3) is 5.91 Å². The Hall–Kier alpha value is -2.04. The molecule has 4 N–H and O–H groups in total. The van der Waals surface area contributed by atoms with Gasteiger partial charge < -0.3 is 16.3 Å². The lowest BCUT2D eigenvalue weighted by Crippen LogP contribution is -2.57. The standard InChI is InChI=1S/C16H23N3O2/c17-15(19-21)16(11-7-2-1-3-8-12-16)18-14(20)13-9-5-4-6-10-13/h4-6,9-10,21H,1-3,7-8,11-12H2,(H2,17,19)(H,18,20). The summed E-state index contributed by atoms with van der Waals surface area (Å²) in [5.74, 6) is -0.0727. The van der Waals surface area contributed by atoms with E-state index in [9.17, 15) is 4.79 Å². The number of hydrogen-bond acceptors (Lipinski definition) is 3. The molecule has 0 aromatic heterocycles. The van der Waals surface area contributed by atoms with Gasteiger partial charge in [0.2, 0.25) is 0 Å². The number of benzene rings is 1. The predicted octanol–water partition coefficient (Wildman–Crippen LogP) is 2.65. The minimum Gasteiger partial charge on any atom is -0.409 e. The Labute approximate surface area is 125 Å². The highest BCUT2D eigenvalue weighted by molar-refractivity contribution is 6.00. The fourth-order valence-corrected chi connectivity index (χ4v) is 2.93. The first kappa shape index (κ1) is 15.4. The quantitative estimate of drug-likeness (QED) is 0.346. The molecule has 0 unspecified atom stereocenters. The van der Waals surface area contributed by atoms with Gasteiger partial charge in [-0.3, -0.25) is 4.79 Å². The van der Waals surface area contributed by atoms with Crippen LogP contribution in [0.3, 0.4) is 0 Å². The van der Waals surface area contributed by atoms with Crippen LogP contribution in [0.5, 0.6) is 0 Å². The third-order valence-corrected chi connectivity index (χ3v) is 4.19. The Bertz CT molecular complexity index is 492. The van der Waals surface area contributed by atoms with Crippen molar-refractivity contribution in [2.75, 3.05) is 0 Å². The number of amides is 1. The molecule has 0 saturated heterocycles. The Morgan fingerprint density at radius 3 is 2.24 bits per heavy atom. The number of carbonyl (C=O) groups excluding carboxylic acids is 1. The van der Waals surface area contributed by atoms with Gasteiger partial charge in [0.15, 0.2) is 5.84 Å². The van der Waals surface area contributed by atoms with Gasteiger partial charge in [-0.2, -0.15) is 0 Å². The summed E-state index contributed by atoms with van der Waals surface area (Å²) in [6.07, 6.45) is 6.78. The van der Waals surface area contributed by atoms with Crippen LogP contribution in [0, 0.1) is 0 Å². The number of rotatable bonds is 3. The van der Waals surface area contributed by atoms with E-state index in [0.717, 1.165) is 25.7 Å². The maximum Gasteiger partial charge on any atom is 0.252 e. The van der Waals surface area contributed by atoms with Crippen molar-refractivity contribution in [3.8, 4) is 0 Å². The molecular weight excluding hydrogens is 266 g/mol. The highest BCUT2D eigenvalue weighted by Gasteiger charge is 2.36. The van der Waals surface area contributed by atoms with E-state index in [1.54, 1.807) is 12.1 Å². The third kappa shape index (κ3) is 3.74. The Balaban J connectivity index is 2.21. The number of hydrogen-bond donors (Lipinski definition) is 3. The molecule has 21 heavy (non-hydrogen) atoms. The van der Waals surface area contributed by atoms with Crippen LogP contribution < -0.4 is 11.1 Å². The second-order valence-corrected chi connectivity index (χ2v) is 5.66. The summed E-state index contributed by atoms with van der Waals surface area (Å²) in [6.45, 7) is 0. The zero-order chi connectivity index (χ0) is 15.1. The molecule has 1 aliphatic rings. The van der Waals surface area contributed by atoms with Crippen LogP contribution in [0.15, 0.2) is 35.5 Å². The van der Waals surface area contributed by atoms with Crippen molar-refractivity contribution in [1.82, 2.24) is 5.32 Å². The van der Waals surface area contributed by atoms with E-state index >= 15 is 0 Å². The number of carbonyl (C=O) groups is 1. The van der Waals surface area contributed by atoms with Gasteiger partial charge in [0.05, 0.1) is 0 Å². The van der Waals surface area contributed by atoms with Crippen LogP contribution in [0.4, 0.5) is 0 Å². The Morgan fingerprint density at radius 1 is 1.10 bits per heavy atom. The smallest absolute Gasteiger partial charge is 0.252 e. The minimum atomic E-state index is -0.734. The van der Waals surface area contributed by atoms with Crippen molar-refractivity contribution < 1.29 is 10.0 Å². The second-order valence-electron chi connectivity index (χ2n) is 5.66. The average molecular weight is 289 g/mol. The summed E-state index contributed by atoms with van der Waals surface area (Å²) in [5, 5.41) is 15.3. The molecule has 2 rings (SSSR count). The zero-order valence-electron chi connectivity index (χ0n) is 12.2. The van der Waals surface area contributed by atoms with E-state index in [-0.39, 0.29) is 11.7 Å². The number of nitrogens with one attached hydrogen (secondary N) is 1. The molecule has 0 aliphatic heterocycles. The molecule has 1 fully saturated rings. The molecule has 0 atom stereocenters. The van der Waals surface area contributed by atoms with Crippen molar-refractivity contribution in [3.63, 3.8) is 0 Å². The van der Waals surface area contributed by atoms with Gasteiger partial charge in [-0.15, -0.1) is 0 Å². The first-order valence-corrected chi connectivity index (χ1v) is 7.53. The zero-order valence-corrected chi connectivity index (χ0v) is 12.2. The molecule has 0 bridgehead atoms. The third-order valence-electron chi connectivity index (χ3n) is 4.19. The molecule has 1 aliphatic carbocycles. The largest absolute Gasteiger partial charge is 0.409 e. The van der Waals surface area contributed by atoms with Crippen LogP contribution >= 0.6 is 0 Å². The van der Waals surface area contributed by atoms with Gasteiger partial charge in [-0.25, -0.2) is 0 Å². The van der Waals surface area contributed by atoms with Gasteiger partial charge in [-0.05, 0) is 25.0 Å². The maximum absolute atomic E-state index is 12.4. The van der Waals surface area contributed by atoms with E-state index in [4.69, 9.17) is 10.9 Å². The number of nitrogens with two attached hydrogens (primary N) is 1. The molecule has 1 aromatic rings. The number of nitrogens with zero attached hydrogens (tertiary/aromatic N) is 1. The minimum absolute atomic E-state index is 0.105. The van der Waals surface area contributed by atoms with Gasteiger partial charge in [0, 0.05) is 5.56 Å². The summed E-state index contributed by atoms with van der Waals surface area (Å²) < 4.78 is 0. The highest BCUT2D eigenvalue weighted by atomic mass is 16.4. The van der Waals surface area contributed by atoms with Gasteiger partial charge in [-0.1, -0.05) is 55.5 Å². The van der Waals surface area contributed by atoms with E-state index in [1.807, 2.05) is 18.2 Å².